The number of fused-ring (bicyclic) bond motifs is 1. The van der Waals surface area contributed by atoms with Gasteiger partial charge in [-0.05, 0) is 5.41 Å². The fourth-order valence-electron chi connectivity index (χ4n) is 2.67. The average molecular weight is 306 g/mol. The van der Waals surface area contributed by atoms with Crippen molar-refractivity contribution in [1.29, 1.82) is 0 Å². The van der Waals surface area contributed by atoms with E-state index in [1.54, 1.807) is 0 Å². The van der Waals surface area contributed by atoms with Gasteiger partial charge < -0.3 is 4.74 Å². The van der Waals surface area contributed by atoms with E-state index >= 15 is 0 Å². The minimum atomic E-state index is -0.212. The van der Waals surface area contributed by atoms with Crippen molar-refractivity contribution in [2.45, 2.75) is 32.3 Å². The van der Waals surface area contributed by atoms with Crippen LogP contribution in [0, 0.1) is 11.3 Å². The van der Waals surface area contributed by atoms with Crippen LogP contribution in [0.3, 0.4) is 0 Å². The summed E-state index contributed by atoms with van der Waals surface area (Å²) >= 11 is 2.33. The van der Waals surface area contributed by atoms with Gasteiger partial charge in [0.05, 0.1) is 6.42 Å². The van der Waals surface area contributed by atoms with E-state index in [1.165, 1.54) is 0 Å². The fourth-order valence-corrected chi connectivity index (χ4v) is 3.67. The van der Waals surface area contributed by atoms with Crippen LogP contribution in [0.15, 0.2) is 12.2 Å². The maximum atomic E-state index is 11.4. The Bertz CT molecular complexity index is 296. The molecule has 2 atom stereocenters. The number of ether oxygens (including phenoxy) is 1. The molecule has 0 radical (unpaired) electrons. The zero-order chi connectivity index (χ0) is 10.4. The van der Waals surface area contributed by atoms with Gasteiger partial charge in [-0.15, -0.1) is 0 Å². The van der Waals surface area contributed by atoms with Gasteiger partial charge in [-0.25, -0.2) is 0 Å². The van der Waals surface area contributed by atoms with Crippen LogP contribution in [0.1, 0.15) is 26.7 Å². The lowest BCUT2D eigenvalue weighted by Crippen LogP contribution is -2.45. The summed E-state index contributed by atoms with van der Waals surface area (Å²) in [7, 11) is 0. The summed E-state index contributed by atoms with van der Waals surface area (Å²) in [5, 5.41) is 0. The Morgan fingerprint density at radius 1 is 1.64 bits per heavy atom. The smallest absolute Gasteiger partial charge is 0.306 e. The number of rotatable bonds is 1. The molecule has 0 aromatic heterocycles. The van der Waals surface area contributed by atoms with Gasteiger partial charge >= 0.3 is 5.97 Å². The second-order valence-corrected chi connectivity index (χ2v) is 5.62. The number of carbonyl (C=O) groups excluding carboxylic acids is 1. The van der Waals surface area contributed by atoms with Gasteiger partial charge in [0, 0.05) is 16.8 Å². The van der Waals surface area contributed by atoms with Gasteiger partial charge in [-0.1, -0.05) is 48.6 Å². The van der Waals surface area contributed by atoms with Crippen LogP contribution in [0.5, 0.6) is 0 Å². The largest absolute Gasteiger partial charge is 0.458 e. The number of esters is 1. The third-order valence-electron chi connectivity index (χ3n) is 3.46. The Morgan fingerprint density at radius 3 is 2.93 bits per heavy atom. The van der Waals surface area contributed by atoms with Crippen LogP contribution >= 0.6 is 22.6 Å². The molecule has 2 rings (SSSR count). The van der Waals surface area contributed by atoms with Gasteiger partial charge in [0.1, 0.15) is 5.60 Å². The van der Waals surface area contributed by atoms with Crippen molar-refractivity contribution < 1.29 is 9.53 Å². The second-order valence-electron chi connectivity index (χ2n) is 4.86. The summed E-state index contributed by atoms with van der Waals surface area (Å²) in [5.74, 6) is 0.327. The molecule has 1 aliphatic heterocycles. The second kappa shape index (κ2) is 3.22. The minimum Gasteiger partial charge on any atom is -0.458 e. The van der Waals surface area contributed by atoms with Crippen molar-refractivity contribution in [2.75, 3.05) is 4.43 Å². The van der Waals surface area contributed by atoms with Crippen molar-refractivity contribution in [3.05, 3.63) is 12.2 Å². The topological polar surface area (TPSA) is 26.3 Å². The Labute approximate surface area is 98.2 Å². The predicted molar refractivity (Wildman–Crippen MR) is 63.4 cm³/mol. The van der Waals surface area contributed by atoms with E-state index in [1.807, 2.05) is 0 Å². The van der Waals surface area contributed by atoms with Crippen molar-refractivity contribution in [3.63, 3.8) is 0 Å². The van der Waals surface area contributed by atoms with Crippen LogP contribution in [-0.2, 0) is 9.53 Å². The van der Waals surface area contributed by atoms with Crippen molar-refractivity contribution in [2.24, 2.45) is 11.3 Å². The normalized spacial score (nSPS) is 39.4. The molecule has 2 nitrogen and oxygen atoms in total. The Kier molecular flexibility index (Phi) is 2.40. The lowest BCUT2D eigenvalue weighted by molar-refractivity contribution is -0.148. The molecule has 0 amide bonds. The molecule has 0 aromatic rings. The molecule has 1 saturated heterocycles. The number of allylic oxidation sites excluding steroid dienone is 1. The number of alkyl halides is 1. The minimum absolute atomic E-state index is 0.0246. The summed E-state index contributed by atoms with van der Waals surface area (Å²) in [5.41, 5.74) is -0.120. The number of hydrogen-bond donors (Lipinski definition) is 0. The highest BCUT2D eigenvalue weighted by Crippen LogP contribution is 2.50. The zero-order valence-electron chi connectivity index (χ0n) is 8.55. The molecule has 3 heteroatoms. The van der Waals surface area contributed by atoms with E-state index in [-0.39, 0.29) is 17.0 Å². The van der Waals surface area contributed by atoms with E-state index in [0.717, 1.165) is 10.8 Å². The van der Waals surface area contributed by atoms with E-state index in [4.69, 9.17) is 4.74 Å². The molecule has 1 fully saturated rings. The summed E-state index contributed by atoms with van der Waals surface area (Å²) in [6.45, 7) is 4.38. The average Bonchev–Trinajstić information content (AvgIpc) is 2.44. The maximum absolute atomic E-state index is 11.4. The highest BCUT2D eigenvalue weighted by molar-refractivity contribution is 14.1. The zero-order valence-corrected chi connectivity index (χ0v) is 10.7. The van der Waals surface area contributed by atoms with E-state index < -0.39 is 0 Å². The van der Waals surface area contributed by atoms with Crippen LogP contribution in [0.2, 0.25) is 0 Å². The molecular weight excluding hydrogens is 291 g/mol. The van der Waals surface area contributed by atoms with E-state index in [0.29, 0.717) is 12.3 Å². The fraction of sp³-hybridized carbons (Fsp3) is 0.727. The Hall–Kier alpha value is -0.0600. The predicted octanol–water partition coefficient (Wildman–Crippen LogP) is 2.71. The summed E-state index contributed by atoms with van der Waals surface area (Å²) < 4.78 is 6.44. The third-order valence-corrected chi connectivity index (χ3v) is 4.75. The maximum Gasteiger partial charge on any atom is 0.306 e. The molecule has 0 saturated carbocycles. The monoisotopic (exact) mass is 306 g/mol. The third kappa shape index (κ3) is 1.40. The molecule has 1 aliphatic carbocycles. The van der Waals surface area contributed by atoms with Crippen LogP contribution in [0.25, 0.3) is 0 Å². The SMILES string of the molecule is CC1(C)C=CC[C@]2(CI)OC(=O)C[C@H]12. The molecular formula is C11H15IO2. The van der Waals surface area contributed by atoms with Crippen molar-refractivity contribution >= 4 is 28.6 Å². The highest BCUT2D eigenvalue weighted by Gasteiger charge is 2.54. The molecule has 1 heterocycles. The van der Waals surface area contributed by atoms with E-state index in [9.17, 15) is 4.79 Å². The summed E-state index contributed by atoms with van der Waals surface area (Å²) in [6.07, 6.45) is 5.86. The first kappa shape index (κ1) is 10.5. The van der Waals surface area contributed by atoms with Crippen molar-refractivity contribution in [1.82, 2.24) is 0 Å². The lowest BCUT2D eigenvalue weighted by Gasteiger charge is -2.42. The van der Waals surface area contributed by atoms with Crippen LogP contribution < -0.4 is 0 Å². The molecule has 14 heavy (non-hydrogen) atoms. The molecule has 0 aromatic carbocycles. The summed E-state index contributed by atoms with van der Waals surface area (Å²) in [6, 6.07) is 0. The Morgan fingerprint density at radius 2 is 2.36 bits per heavy atom. The molecule has 2 aliphatic rings. The number of carbonyl (C=O) groups is 1. The first-order valence-electron chi connectivity index (χ1n) is 4.96. The lowest BCUT2D eigenvalue weighted by atomic mass is 9.65. The first-order chi connectivity index (χ1) is 6.50. The van der Waals surface area contributed by atoms with Crippen LogP contribution in [0.4, 0.5) is 0 Å². The van der Waals surface area contributed by atoms with Crippen LogP contribution in [-0.4, -0.2) is 16.0 Å². The van der Waals surface area contributed by atoms with Gasteiger partial charge in [-0.2, -0.15) is 0 Å². The molecule has 0 unspecified atom stereocenters. The standard InChI is InChI=1S/C11H15IO2/c1-10(2)4-3-5-11(7-12)8(10)6-9(13)14-11/h3-4,8H,5-7H2,1-2H3/t8-,11-/m1/s1. The van der Waals surface area contributed by atoms with Gasteiger partial charge in [0.15, 0.2) is 0 Å². The number of hydrogen-bond acceptors (Lipinski definition) is 2. The summed E-state index contributed by atoms with van der Waals surface area (Å²) in [4.78, 5) is 11.4. The van der Waals surface area contributed by atoms with Gasteiger partial charge in [-0.3, -0.25) is 4.79 Å². The molecule has 78 valence electrons. The molecule has 0 N–H and O–H groups in total. The quantitative estimate of drug-likeness (QED) is 0.322. The Balaban J connectivity index is 2.39. The first-order valence-corrected chi connectivity index (χ1v) is 6.48. The number of halogens is 1. The van der Waals surface area contributed by atoms with Gasteiger partial charge in [0.25, 0.3) is 0 Å². The highest BCUT2D eigenvalue weighted by atomic mass is 127. The molecule has 0 spiro atoms. The van der Waals surface area contributed by atoms with E-state index in [2.05, 4.69) is 48.6 Å². The van der Waals surface area contributed by atoms with Crippen molar-refractivity contribution in [3.8, 4) is 0 Å². The van der Waals surface area contributed by atoms with Gasteiger partial charge in [0.2, 0.25) is 0 Å². The molecule has 0 bridgehead atoms.